The van der Waals surface area contributed by atoms with Crippen molar-refractivity contribution in [1.29, 1.82) is 0 Å². The molecule has 3 N–H and O–H groups in total. The molecule has 1 heterocycles. The van der Waals surface area contributed by atoms with Crippen LogP contribution >= 0.6 is 0 Å². The molecule has 0 aromatic carbocycles. The zero-order chi connectivity index (χ0) is 16.9. The third-order valence-corrected chi connectivity index (χ3v) is 4.25. The molecular weight excluding hydrogens is 296 g/mol. The Morgan fingerprint density at radius 3 is 2.35 bits per heavy atom. The van der Waals surface area contributed by atoms with Gasteiger partial charge >= 0.3 is 0 Å². The number of hydrogen-bond donors (Lipinski definition) is 3. The average molecular weight is 330 g/mol. The van der Waals surface area contributed by atoms with E-state index in [1.54, 1.807) is 0 Å². The van der Waals surface area contributed by atoms with E-state index in [9.17, 15) is 10.2 Å². The standard InChI is InChI=1S/C18H34O5/c1-2-3-4-5-6-7-8-9-10-11-12-22-16-14-23-15(13-19)17(20)18(16)21/h7-8,15-21H,2-6,9-14H2,1H3/b8-7+/t15-,16+,17-,18-/m1/s1. The Hall–Kier alpha value is -0.460. The lowest BCUT2D eigenvalue weighted by Crippen LogP contribution is -2.55. The number of allylic oxidation sites excluding steroid dienone is 2. The normalized spacial score (nSPS) is 28.5. The van der Waals surface area contributed by atoms with E-state index >= 15 is 0 Å². The van der Waals surface area contributed by atoms with Gasteiger partial charge in [-0.25, -0.2) is 0 Å². The molecule has 5 nitrogen and oxygen atoms in total. The molecule has 0 bridgehead atoms. The SMILES string of the molecule is CCCCCC/C=C/CCCCO[C@H]1CO[C@H](CO)[C@@H](O)[C@@H]1O. The van der Waals surface area contributed by atoms with E-state index < -0.39 is 24.4 Å². The van der Waals surface area contributed by atoms with Gasteiger partial charge in [-0.15, -0.1) is 0 Å². The van der Waals surface area contributed by atoms with E-state index in [0.29, 0.717) is 6.61 Å². The minimum absolute atomic E-state index is 0.209. The zero-order valence-corrected chi connectivity index (χ0v) is 14.4. The summed E-state index contributed by atoms with van der Waals surface area (Å²) in [6.45, 7) is 2.69. The first kappa shape index (κ1) is 20.6. The van der Waals surface area contributed by atoms with Crippen LogP contribution in [0.4, 0.5) is 0 Å². The number of unbranched alkanes of at least 4 members (excludes halogenated alkanes) is 6. The quantitative estimate of drug-likeness (QED) is 0.377. The molecule has 0 amide bonds. The van der Waals surface area contributed by atoms with Crippen LogP contribution in [0, 0.1) is 0 Å². The Morgan fingerprint density at radius 2 is 1.70 bits per heavy atom. The van der Waals surface area contributed by atoms with Crippen LogP contribution in [-0.4, -0.2) is 59.6 Å². The second kappa shape index (κ2) is 12.9. The summed E-state index contributed by atoms with van der Waals surface area (Å²) in [5.41, 5.74) is 0. The highest BCUT2D eigenvalue weighted by molar-refractivity contribution is 4.87. The van der Waals surface area contributed by atoms with E-state index in [-0.39, 0.29) is 13.2 Å². The van der Waals surface area contributed by atoms with Crippen LogP contribution < -0.4 is 0 Å². The van der Waals surface area contributed by atoms with Gasteiger partial charge in [-0.2, -0.15) is 0 Å². The van der Waals surface area contributed by atoms with Crippen LogP contribution in [0.5, 0.6) is 0 Å². The van der Waals surface area contributed by atoms with Crippen molar-refractivity contribution in [3.05, 3.63) is 12.2 Å². The van der Waals surface area contributed by atoms with Crippen LogP contribution in [0.25, 0.3) is 0 Å². The molecule has 1 fully saturated rings. The molecule has 0 spiro atoms. The van der Waals surface area contributed by atoms with E-state index in [2.05, 4.69) is 19.1 Å². The van der Waals surface area contributed by atoms with E-state index in [4.69, 9.17) is 14.6 Å². The van der Waals surface area contributed by atoms with Gasteiger partial charge in [0.25, 0.3) is 0 Å². The number of aliphatic hydroxyl groups excluding tert-OH is 3. The Morgan fingerprint density at radius 1 is 1.00 bits per heavy atom. The van der Waals surface area contributed by atoms with Crippen molar-refractivity contribution in [1.82, 2.24) is 0 Å². The van der Waals surface area contributed by atoms with Gasteiger partial charge in [0, 0.05) is 6.61 Å². The molecule has 4 atom stereocenters. The molecule has 0 saturated carbocycles. The van der Waals surface area contributed by atoms with Crippen LogP contribution in [-0.2, 0) is 9.47 Å². The van der Waals surface area contributed by atoms with Gasteiger partial charge in [-0.05, 0) is 32.1 Å². The zero-order valence-electron chi connectivity index (χ0n) is 14.4. The summed E-state index contributed by atoms with van der Waals surface area (Å²) in [7, 11) is 0. The van der Waals surface area contributed by atoms with Crippen LogP contribution in [0.1, 0.15) is 58.3 Å². The van der Waals surface area contributed by atoms with Gasteiger partial charge < -0.3 is 24.8 Å². The molecular formula is C18H34O5. The smallest absolute Gasteiger partial charge is 0.111 e. The third-order valence-electron chi connectivity index (χ3n) is 4.25. The number of rotatable bonds is 12. The first-order valence-electron chi connectivity index (χ1n) is 9.05. The van der Waals surface area contributed by atoms with Crippen molar-refractivity contribution in [2.24, 2.45) is 0 Å². The number of hydrogen-bond acceptors (Lipinski definition) is 5. The predicted molar refractivity (Wildman–Crippen MR) is 90.3 cm³/mol. The van der Waals surface area contributed by atoms with Crippen LogP contribution in [0.15, 0.2) is 12.2 Å². The fourth-order valence-corrected chi connectivity index (χ4v) is 2.69. The van der Waals surface area contributed by atoms with Gasteiger partial charge in [0.15, 0.2) is 0 Å². The lowest BCUT2D eigenvalue weighted by atomic mass is 10.0. The summed E-state index contributed by atoms with van der Waals surface area (Å²) in [6, 6.07) is 0. The molecule has 1 saturated heterocycles. The maximum atomic E-state index is 9.92. The van der Waals surface area contributed by atoms with Crippen LogP contribution in [0.3, 0.4) is 0 Å². The molecule has 23 heavy (non-hydrogen) atoms. The van der Waals surface area contributed by atoms with Gasteiger partial charge in [-0.3, -0.25) is 0 Å². The fraction of sp³-hybridized carbons (Fsp3) is 0.889. The van der Waals surface area contributed by atoms with Crippen molar-refractivity contribution >= 4 is 0 Å². The molecule has 5 heteroatoms. The minimum Gasteiger partial charge on any atom is -0.394 e. The van der Waals surface area contributed by atoms with Crippen molar-refractivity contribution in [2.75, 3.05) is 19.8 Å². The highest BCUT2D eigenvalue weighted by Gasteiger charge is 2.38. The molecule has 0 aromatic heterocycles. The molecule has 1 aliphatic rings. The molecule has 1 rings (SSSR count). The van der Waals surface area contributed by atoms with Crippen molar-refractivity contribution in [2.45, 2.75) is 82.7 Å². The second-order valence-electron chi connectivity index (χ2n) is 6.26. The topological polar surface area (TPSA) is 79.2 Å². The van der Waals surface area contributed by atoms with Gasteiger partial charge in [0.2, 0.25) is 0 Å². The van der Waals surface area contributed by atoms with Crippen molar-refractivity contribution < 1.29 is 24.8 Å². The molecule has 0 radical (unpaired) electrons. The molecule has 0 unspecified atom stereocenters. The Bertz CT molecular complexity index is 308. The Balaban J connectivity index is 1.99. The fourth-order valence-electron chi connectivity index (χ4n) is 2.69. The first-order chi connectivity index (χ1) is 11.2. The van der Waals surface area contributed by atoms with Gasteiger partial charge in [0.05, 0.1) is 13.2 Å². The first-order valence-corrected chi connectivity index (χ1v) is 9.05. The molecule has 1 aliphatic heterocycles. The van der Waals surface area contributed by atoms with Crippen molar-refractivity contribution in [3.8, 4) is 0 Å². The lowest BCUT2D eigenvalue weighted by Gasteiger charge is -2.36. The van der Waals surface area contributed by atoms with E-state index in [1.807, 2.05) is 0 Å². The van der Waals surface area contributed by atoms with Gasteiger partial charge in [-0.1, -0.05) is 38.3 Å². The van der Waals surface area contributed by atoms with Crippen LogP contribution in [0.2, 0.25) is 0 Å². The summed E-state index contributed by atoms with van der Waals surface area (Å²) >= 11 is 0. The molecule has 0 aromatic rings. The summed E-state index contributed by atoms with van der Waals surface area (Å²) < 4.78 is 10.9. The predicted octanol–water partition coefficient (Wildman–Crippen LogP) is 2.18. The maximum absolute atomic E-state index is 9.92. The molecule has 0 aliphatic carbocycles. The highest BCUT2D eigenvalue weighted by Crippen LogP contribution is 2.18. The average Bonchev–Trinajstić information content (AvgIpc) is 2.56. The summed E-state index contributed by atoms with van der Waals surface area (Å²) in [6.07, 6.45) is 10.6. The summed E-state index contributed by atoms with van der Waals surface area (Å²) in [5.74, 6) is 0. The number of aliphatic hydroxyl groups is 3. The van der Waals surface area contributed by atoms with E-state index in [0.717, 1.165) is 19.3 Å². The monoisotopic (exact) mass is 330 g/mol. The minimum atomic E-state index is -1.09. The molecule has 136 valence electrons. The number of ether oxygens (including phenoxy) is 2. The third kappa shape index (κ3) is 8.27. The largest absolute Gasteiger partial charge is 0.394 e. The second-order valence-corrected chi connectivity index (χ2v) is 6.26. The summed E-state index contributed by atoms with van der Waals surface area (Å²) in [5, 5.41) is 28.7. The van der Waals surface area contributed by atoms with Gasteiger partial charge in [0.1, 0.15) is 24.4 Å². The Labute approximate surface area is 140 Å². The Kier molecular flexibility index (Phi) is 11.5. The van der Waals surface area contributed by atoms with E-state index in [1.165, 1.54) is 32.1 Å². The van der Waals surface area contributed by atoms with Crippen molar-refractivity contribution in [3.63, 3.8) is 0 Å². The highest BCUT2D eigenvalue weighted by atomic mass is 16.6. The summed E-state index contributed by atoms with van der Waals surface area (Å²) in [4.78, 5) is 0. The lowest BCUT2D eigenvalue weighted by molar-refractivity contribution is -0.208. The maximum Gasteiger partial charge on any atom is 0.111 e.